The number of isocyanates is 2. The second-order valence-corrected chi connectivity index (χ2v) is 4.68. The molecule has 0 saturated heterocycles. The molecule has 1 aromatic carbocycles. The molecule has 0 N–H and O–H groups in total. The monoisotopic (exact) mass is 246 g/mol. The lowest BCUT2D eigenvalue weighted by molar-refractivity contribution is 0.568. The van der Waals surface area contributed by atoms with Crippen molar-refractivity contribution in [3.05, 3.63) is 45.7 Å². The summed E-state index contributed by atoms with van der Waals surface area (Å²) in [5, 5.41) is 13.5. The summed E-state index contributed by atoms with van der Waals surface area (Å²) >= 11 is 0. The number of rotatable bonds is 0. The van der Waals surface area contributed by atoms with Crippen LogP contribution in [0.1, 0.15) is 37.5 Å². The van der Waals surface area contributed by atoms with E-state index in [4.69, 9.17) is 20.4 Å². The zero-order valence-corrected chi connectivity index (χ0v) is 11.4. The Morgan fingerprint density at radius 3 is 1.67 bits per heavy atom. The lowest BCUT2D eigenvalue weighted by Crippen LogP contribution is -2.13. The van der Waals surface area contributed by atoms with Crippen molar-refractivity contribution in [3.63, 3.8) is 0 Å². The first kappa shape index (κ1) is 18.3. The van der Waals surface area contributed by atoms with Crippen LogP contribution in [0.2, 0.25) is 0 Å². The molecule has 0 saturated carbocycles. The Kier molecular flexibility index (Phi) is 9.23. The van der Waals surface area contributed by atoms with Gasteiger partial charge in [0.1, 0.15) is 0 Å². The van der Waals surface area contributed by atoms with Crippen molar-refractivity contribution in [1.82, 2.24) is 0 Å². The Morgan fingerprint density at radius 2 is 1.39 bits per heavy atom. The largest absolute Gasteiger partial charge is 0.724 e. The van der Waals surface area contributed by atoms with Gasteiger partial charge in [-0.15, -0.1) is 0 Å². The molecule has 0 bridgehead atoms. The summed E-state index contributed by atoms with van der Waals surface area (Å²) in [5.41, 5.74) is 4.56. The molecule has 4 nitrogen and oxygen atoms in total. The average Bonchev–Trinajstić information content (AvgIpc) is 2.22. The molecule has 4 heteroatoms. The zero-order chi connectivity index (χ0) is 14.8. The Bertz CT molecular complexity index is 422. The van der Waals surface area contributed by atoms with Gasteiger partial charge >= 0.3 is 0 Å². The smallest absolute Gasteiger partial charge is 0.0129 e. The van der Waals surface area contributed by atoms with Gasteiger partial charge in [-0.1, -0.05) is 39.0 Å². The van der Waals surface area contributed by atoms with Gasteiger partial charge in [0.25, 0.3) is 0 Å². The third kappa shape index (κ3) is 7.29. The fraction of sp³-hybridized carbons (Fsp3) is 0.429. The molecule has 0 aliphatic carbocycles. The minimum absolute atomic E-state index is 0.274. The van der Waals surface area contributed by atoms with Crippen LogP contribution in [0, 0.1) is 13.8 Å². The molecule has 0 radical (unpaired) electrons. The van der Waals surface area contributed by atoms with E-state index in [1.807, 2.05) is 0 Å². The fourth-order valence-corrected chi connectivity index (χ4v) is 1.56. The van der Waals surface area contributed by atoms with Crippen LogP contribution < -0.4 is 0 Å². The third-order valence-corrected chi connectivity index (χ3v) is 2.41. The van der Waals surface area contributed by atoms with Crippen LogP contribution in [0.5, 0.6) is 0 Å². The van der Waals surface area contributed by atoms with E-state index in [1.165, 1.54) is 16.7 Å². The summed E-state index contributed by atoms with van der Waals surface area (Å²) in [6.07, 6.45) is 1.00. The molecule has 18 heavy (non-hydrogen) atoms. The molecular formula is C14H18N2O2-2. The van der Waals surface area contributed by atoms with Gasteiger partial charge in [-0.3, -0.25) is 9.59 Å². The van der Waals surface area contributed by atoms with E-state index >= 15 is 0 Å². The van der Waals surface area contributed by atoms with E-state index in [0.29, 0.717) is 12.2 Å². The summed E-state index contributed by atoms with van der Waals surface area (Å²) in [5.74, 6) is 0. The van der Waals surface area contributed by atoms with Gasteiger partial charge in [-0.05, 0) is 48.1 Å². The molecular weight excluding hydrogens is 228 g/mol. The number of nitrogens with zero attached hydrogens (tertiary/aromatic N) is 2. The Morgan fingerprint density at radius 1 is 1.00 bits per heavy atom. The SMILES string of the molecule is Cc1cccc(C(C)(C)C)c1C.[N-]=C=O.[N-]=C=O. The van der Waals surface area contributed by atoms with Gasteiger partial charge in [0.2, 0.25) is 0 Å². The summed E-state index contributed by atoms with van der Waals surface area (Å²) < 4.78 is 0. The van der Waals surface area contributed by atoms with Crippen molar-refractivity contribution < 1.29 is 9.59 Å². The summed E-state index contributed by atoms with van der Waals surface area (Å²) in [6.45, 7) is 11.2. The molecule has 1 aromatic rings. The maximum atomic E-state index is 8.24. The highest BCUT2D eigenvalue weighted by molar-refractivity contribution is 5.37. The highest BCUT2D eigenvalue weighted by Gasteiger charge is 2.15. The molecule has 0 aliphatic heterocycles. The Hall–Kier alpha value is -2.02. The lowest BCUT2D eigenvalue weighted by atomic mass is 9.83. The van der Waals surface area contributed by atoms with E-state index in [9.17, 15) is 0 Å². The summed E-state index contributed by atoms with van der Waals surface area (Å²) in [7, 11) is 0. The van der Waals surface area contributed by atoms with E-state index in [1.54, 1.807) is 0 Å². The number of hydrogen-bond acceptors (Lipinski definition) is 2. The minimum Gasteiger partial charge on any atom is -0.724 e. The van der Waals surface area contributed by atoms with E-state index in [2.05, 4.69) is 52.8 Å². The first-order valence-corrected chi connectivity index (χ1v) is 5.35. The molecule has 1 rings (SSSR count). The highest BCUT2D eigenvalue weighted by atomic mass is 16.1. The van der Waals surface area contributed by atoms with Gasteiger partial charge in [0, 0.05) is 0 Å². The maximum absolute atomic E-state index is 8.24. The molecule has 0 aromatic heterocycles. The predicted molar refractivity (Wildman–Crippen MR) is 72.7 cm³/mol. The van der Waals surface area contributed by atoms with Crippen LogP contribution >= 0.6 is 0 Å². The van der Waals surface area contributed by atoms with E-state index in [0.717, 1.165) is 0 Å². The maximum Gasteiger partial charge on any atom is -0.0129 e. The fourth-order valence-electron chi connectivity index (χ4n) is 1.56. The Labute approximate surface area is 108 Å². The molecule has 98 valence electrons. The number of hydrogen-bond donors (Lipinski definition) is 0. The summed E-state index contributed by atoms with van der Waals surface area (Å²) in [4.78, 5) is 16.5. The zero-order valence-electron chi connectivity index (χ0n) is 11.4. The van der Waals surface area contributed by atoms with Crippen molar-refractivity contribution in [2.24, 2.45) is 0 Å². The van der Waals surface area contributed by atoms with Crippen LogP contribution in [0.15, 0.2) is 18.2 Å². The number of aryl methyl sites for hydroxylation is 1. The number of carbonyl (C=O) groups excluding carboxylic acids is 2. The lowest BCUT2D eigenvalue weighted by Gasteiger charge is -2.22. The van der Waals surface area contributed by atoms with Crippen LogP contribution in [0.25, 0.3) is 10.8 Å². The standard InChI is InChI=1S/C12H18.2CNO/c1-9-7-6-8-11(10(9)2)12(3,4)5;2*2-1-3/h6-8H,1-5H3;;/q;2*-1. The van der Waals surface area contributed by atoms with E-state index < -0.39 is 0 Å². The van der Waals surface area contributed by atoms with Crippen molar-refractivity contribution in [1.29, 1.82) is 0 Å². The first-order valence-electron chi connectivity index (χ1n) is 5.35. The van der Waals surface area contributed by atoms with E-state index in [-0.39, 0.29) is 5.41 Å². The third-order valence-electron chi connectivity index (χ3n) is 2.41. The number of benzene rings is 1. The van der Waals surface area contributed by atoms with Crippen LogP contribution in [0.4, 0.5) is 0 Å². The molecule has 0 atom stereocenters. The summed E-state index contributed by atoms with van der Waals surface area (Å²) in [6, 6.07) is 6.54. The second kappa shape index (κ2) is 9.06. The molecule has 0 fully saturated rings. The van der Waals surface area contributed by atoms with Crippen LogP contribution in [-0.2, 0) is 15.0 Å². The molecule has 0 spiro atoms. The van der Waals surface area contributed by atoms with Crippen molar-refractivity contribution in [2.75, 3.05) is 0 Å². The van der Waals surface area contributed by atoms with Crippen molar-refractivity contribution in [2.45, 2.75) is 40.0 Å². The normalized spacial score (nSPS) is 8.72. The predicted octanol–water partition coefficient (Wildman–Crippen LogP) is 3.38. The van der Waals surface area contributed by atoms with Crippen LogP contribution in [0.3, 0.4) is 0 Å². The second-order valence-electron chi connectivity index (χ2n) is 4.68. The molecule has 0 amide bonds. The van der Waals surface area contributed by atoms with Gasteiger partial charge in [0.15, 0.2) is 0 Å². The van der Waals surface area contributed by atoms with Crippen molar-refractivity contribution in [3.8, 4) is 0 Å². The average molecular weight is 246 g/mol. The van der Waals surface area contributed by atoms with Crippen LogP contribution in [-0.4, -0.2) is 12.2 Å². The quantitative estimate of drug-likeness (QED) is 0.519. The highest BCUT2D eigenvalue weighted by Crippen LogP contribution is 2.26. The van der Waals surface area contributed by atoms with Gasteiger partial charge in [-0.25, -0.2) is 0 Å². The molecule has 0 heterocycles. The first-order chi connectivity index (χ1) is 8.25. The van der Waals surface area contributed by atoms with Gasteiger partial charge in [0.05, 0.1) is 0 Å². The van der Waals surface area contributed by atoms with Gasteiger partial charge < -0.3 is 10.8 Å². The molecule has 0 aliphatic rings. The topological polar surface area (TPSA) is 78.7 Å². The van der Waals surface area contributed by atoms with Crippen molar-refractivity contribution >= 4 is 12.2 Å². The molecule has 0 unspecified atom stereocenters. The Balaban J connectivity index is 0. The van der Waals surface area contributed by atoms with Gasteiger partial charge in [-0.2, -0.15) is 0 Å². The minimum atomic E-state index is 0.274.